The first-order chi connectivity index (χ1) is 8.38. The quantitative estimate of drug-likeness (QED) is 0.787. The van der Waals surface area contributed by atoms with Crippen molar-refractivity contribution in [2.75, 3.05) is 18.8 Å². The molecule has 0 aliphatic carbocycles. The highest BCUT2D eigenvalue weighted by Crippen LogP contribution is 2.45. The molecular formula is C11H12F3N3O. The lowest BCUT2D eigenvalue weighted by atomic mass is 9.79. The van der Waals surface area contributed by atoms with E-state index in [0.29, 0.717) is 0 Å². The monoisotopic (exact) mass is 259 g/mol. The maximum atomic E-state index is 13.2. The van der Waals surface area contributed by atoms with Crippen LogP contribution >= 0.6 is 0 Å². The van der Waals surface area contributed by atoms with E-state index < -0.39 is 23.9 Å². The third-order valence-electron chi connectivity index (χ3n) is 3.22. The number of anilines is 1. The molecule has 2 rings (SSSR count). The lowest BCUT2D eigenvalue weighted by molar-refractivity contribution is -0.197. The molecule has 1 unspecified atom stereocenters. The summed E-state index contributed by atoms with van der Waals surface area (Å²) >= 11 is 0. The van der Waals surface area contributed by atoms with E-state index in [0.717, 1.165) is 0 Å². The van der Waals surface area contributed by atoms with E-state index in [-0.39, 0.29) is 24.3 Å². The maximum absolute atomic E-state index is 13.2. The van der Waals surface area contributed by atoms with Gasteiger partial charge in [0.05, 0.1) is 5.56 Å². The van der Waals surface area contributed by atoms with Crippen molar-refractivity contribution in [3.8, 4) is 0 Å². The Bertz CT molecular complexity index is 467. The summed E-state index contributed by atoms with van der Waals surface area (Å²) in [5.41, 5.74) is 2.92. The minimum Gasteiger partial charge on any atom is -0.383 e. The van der Waals surface area contributed by atoms with Crippen molar-refractivity contribution < 1.29 is 18.0 Å². The molecule has 0 saturated carbocycles. The van der Waals surface area contributed by atoms with Crippen LogP contribution in [-0.2, 0) is 0 Å². The molecule has 0 spiro atoms. The van der Waals surface area contributed by atoms with Gasteiger partial charge in [0, 0.05) is 12.7 Å². The van der Waals surface area contributed by atoms with Crippen LogP contribution in [0.25, 0.3) is 0 Å². The molecule has 0 bridgehead atoms. The largest absolute Gasteiger partial charge is 0.402 e. The van der Waals surface area contributed by atoms with Crippen molar-refractivity contribution in [1.29, 1.82) is 0 Å². The topological polar surface area (TPSA) is 68.0 Å². The van der Waals surface area contributed by atoms with Crippen molar-refractivity contribution in [3.05, 3.63) is 23.9 Å². The molecule has 0 amide bonds. The number of ketones is 1. The highest BCUT2D eigenvalue weighted by atomic mass is 19.4. The first-order valence-electron chi connectivity index (χ1n) is 5.41. The van der Waals surface area contributed by atoms with Crippen LogP contribution in [0.3, 0.4) is 0 Å². The summed E-state index contributed by atoms with van der Waals surface area (Å²) in [6.45, 7) is -0.255. The molecule has 98 valence electrons. The highest BCUT2D eigenvalue weighted by Gasteiger charge is 2.61. The summed E-state index contributed by atoms with van der Waals surface area (Å²) < 4.78 is 39.5. The molecule has 18 heavy (non-hydrogen) atoms. The normalized spacial score (nSPS) is 24.2. The van der Waals surface area contributed by atoms with Crippen LogP contribution in [0.1, 0.15) is 16.8 Å². The number of hydrogen-bond donors (Lipinski definition) is 2. The van der Waals surface area contributed by atoms with E-state index in [4.69, 9.17) is 5.73 Å². The van der Waals surface area contributed by atoms with Crippen LogP contribution in [0.5, 0.6) is 0 Å². The van der Waals surface area contributed by atoms with Gasteiger partial charge in [0.1, 0.15) is 11.2 Å². The molecule has 7 heteroatoms. The molecule has 1 aliphatic heterocycles. The van der Waals surface area contributed by atoms with E-state index in [1.807, 2.05) is 0 Å². The second-order valence-electron chi connectivity index (χ2n) is 4.27. The summed E-state index contributed by atoms with van der Waals surface area (Å²) in [7, 11) is 0. The number of rotatable bonds is 2. The number of nitrogens with two attached hydrogens (primary N) is 1. The van der Waals surface area contributed by atoms with Crippen LogP contribution < -0.4 is 11.1 Å². The van der Waals surface area contributed by atoms with Crippen molar-refractivity contribution >= 4 is 11.6 Å². The summed E-state index contributed by atoms with van der Waals surface area (Å²) in [6.07, 6.45) is -3.54. The average Bonchev–Trinajstić information content (AvgIpc) is 2.78. The Morgan fingerprint density at radius 1 is 1.50 bits per heavy atom. The molecule has 3 N–H and O–H groups in total. The molecule has 1 aromatic rings. The zero-order chi connectivity index (χ0) is 13.4. The number of Topliss-reactive ketones (excluding diaryl/α,β-unsaturated/α-hetero) is 1. The van der Waals surface area contributed by atoms with Gasteiger partial charge in [0.2, 0.25) is 0 Å². The number of hydrogen-bond acceptors (Lipinski definition) is 4. The number of nitrogen functional groups attached to an aromatic ring is 1. The molecule has 4 nitrogen and oxygen atoms in total. The Labute approximate surface area is 101 Å². The van der Waals surface area contributed by atoms with Crippen LogP contribution in [0.15, 0.2) is 18.3 Å². The minimum absolute atomic E-state index is 0.158. The number of pyridine rings is 1. The molecular weight excluding hydrogens is 247 g/mol. The molecule has 2 heterocycles. The van der Waals surface area contributed by atoms with Crippen LogP contribution in [-0.4, -0.2) is 30.0 Å². The number of halogens is 3. The molecule has 1 aromatic heterocycles. The van der Waals surface area contributed by atoms with E-state index in [1.165, 1.54) is 18.3 Å². The van der Waals surface area contributed by atoms with Gasteiger partial charge in [-0.15, -0.1) is 0 Å². The standard InChI is InChI=1S/C11H12F3N3O/c12-11(13,14)10(3-5-16-6-10)8(18)7-2-1-4-17-9(7)15/h1-2,4,16H,3,5-6H2,(H2,15,17). The van der Waals surface area contributed by atoms with Gasteiger partial charge in [-0.2, -0.15) is 13.2 Å². The number of aromatic nitrogens is 1. The number of nitrogens with one attached hydrogen (secondary N) is 1. The average molecular weight is 259 g/mol. The zero-order valence-electron chi connectivity index (χ0n) is 9.42. The molecule has 1 aliphatic rings. The first kappa shape index (κ1) is 12.8. The predicted octanol–water partition coefficient (Wildman–Crippen LogP) is 1.39. The highest BCUT2D eigenvalue weighted by molar-refractivity contribution is 6.04. The fourth-order valence-corrected chi connectivity index (χ4v) is 2.12. The Hall–Kier alpha value is -1.63. The number of carbonyl (C=O) groups excluding carboxylic acids is 1. The summed E-state index contributed by atoms with van der Waals surface area (Å²) in [5, 5.41) is 2.59. The second kappa shape index (κ2) is 4.24. The van der Waals surface area contributed by atoms with E-state index in [9.17, 15) is 18.0 Å². The van der Waals surface area contributed by atoms with Crippen molar-refractivity contribution in [1.82, 2.24) is 10.3 Å². The smallest absolute Gasteiger partial charge is 0.383 e. The number of carbonyl (C=O) groups is 1. The Balaban J connectivity index is 2.46. The van der Waals surface area contributed by atoms with Gasteiger partial charge in [0.25, 0.3) is 0 Å². The molecule has 1 fully saturated rings. The first-order valence-corrected chi connectivity index (χ1v) is 5.41. The molecule has 1 saturated heterocycles. The third kappa shape index (κ3) is 1.84. The summed E-state index contributed by atoms with van der Waals surface area (Å²) in [6, 6.07) is 2.67. The van der Waals surface area contributed by atoms with Crippen molar-refractivity contribution in [3.63, 3.8) is 0 Å². The van der Waals surface area contributed by atoms with E-state index in [2.05, 4.69) is 10.3 Å². The van der Waals surface area contributed by atoms with Gasteiger partial charge in [-0.05, 0) is 25.1 Å². The fraction of sp³-hybridized carbons (Fsp3) is 0.455. The third-order valence-corrected chi connectivity index (χ3v) is 3.22. The Kier molecular flexibility index (Phi) is 3.02. The predicted molar refractivity (Wildman–Crippen MR) is 59.0 cm³/mol. The lowest BCUT2D eigenvalue weighted by Gasteiger charge is -2.29. The summed E-state index contributed by atoms with van der Waals surface area (Å²) in [5.74, 6) is -1.18. The van der Waals surface area contributed by atoms with Crippen molar-refractivity contribution in [2.45, 2.75) is 12.6 Å². The fourth-order valence-electron chi connectivity index (χ4n) is 2.12. The molecule has 0 radical (unpaired) electrons. The second-order valence-corrected chi connectivity index (χ2v) is 4.27. The van der Waals surface area contributed by atoms with E-state index in [1.54, 1.807) is 0 Å². The Morgan fingerprint density at radius 2 is 2.22 bits per heavy atom. The van der Waals surface area contributed by atoms with Gasteiger partial charge in [-0.3, -0.25) is 4.79 Å². The SMILES string of the molecule is Nc1ncccc1C(=O)C1(C(F)(F)F)CCNC1. The zero-order valence-corrected chi connectivity index (χ0v) is 9.42. The van der Waals surface area contributed by atoms with Crippen LogP contribution in [0, 0.1) is 5.41 Å². The molecule has 0 aromatic carbocycles. The van der Waals surface area contributed by atoms with Crippen LogP contribution in [0.2, 0.25) is 0 Å². The van der Waals surface area contributed by atoms with E-state index >= 15 is 0 Å². The maximum Gasteiger partial charge on any atom is 0.402 e. The summed E-state index contributed by atoms with van der Waals surface area (Å²) in [4.78, 5) is 15.8. The van der Waals surface area contributed by atoms with Crippen LogP contribution in [0.4, 0.5) is 19.0 Å². The van der Waals surface area contributed by atoms with Crippen molar-refractivity contribution in [2.24, 2.45) is 5.41 Å². The van der Waals surface area contributed by atoms with Gasteiger partial charge < -0.3 is 11.1 Å². The lowest BCUT2D eigenvalue weighted by Crippen LogP contribution is -2.47. The van der Waals surface area contributed by atoms with Gasteiger partial charge in [-0.25, -0.2) is 4.98 Å². The molecule has 1 atom stereocenters. The Morgan fingerprint density at radius 3 is 2.72 bits per heavy atom. The van der Waals surface area contributed by atoms with Gasteiger partial charge >= 0.3 is 6.18 Å². The number of alkyl halides is 3. The number of nitrogens with zero attached hydrogens (tertiary/aromatic N) is 1. The van der Waals surface area contributed by atoms with Gasteiger partial charge in [0.15, 0.2) is 5.78 Å². The minimum atomic E-state index is -4.60. The van der Waals surface area contributed by atoms with Gasteiger partial charge in [-0.1, -0.05) is 0 Å².